The highest BCUT2D eigenvalue weighted by atomic mass is 16.5. The lowest BCUT2D eigenvalue weighted by atomic mass is 10.1. The number of nitrogen functional groups attached to an aromatic ring is 1. The number of nitrogens with one attached hydrogen (secondary N) is 1. The fraction of sp³-hybridized carbons (Fsp3) is 0.304. The quantitative estimate of drug-likeness (QED) is 0.440. The smallest absolute Gasteiger partial charge is 0.261 e. The zero-order valence-corrected chi connectivity index (χ0v) is 17.8. The second kappa shape index (κ2) is 8.18. The number of nitrogens with two attached hydrogens (primary N) is 1. The van der Waals surface area contributed by atoms with E-state index in [0.717, 1.165) is 43.8 Å². The summed E-state index contributed by atoms with van der Waals surface area (Å²) in [5.41, 5.74) is 8.61. The number of phenols is 1. The minimum absolute atomic E-state index is 0.0993. The van der Waals surface area contributed by atoms with E-state index in [1.807, 2.05) is 25.1 Å². The predicted molar refractivity (Wildman–Crippen MR) is 123 cm³/mol. The number of aromatic hydroxyl groups is 1. The summed E-state index contributed by atoms with van der Waals surface area (Å²) in [4.78, 5) is 18.0. The second-order valence-electron chi connectivity index (χ2n) is 7.96. The average molecular weight is 435 g/mol. The first-order valence-corrected chi connectivity index (χ1v) is 10.6. The summed E-state index contributed by atoms with van der Waals surface area (Å²) in [5, 5.41) is 15.6. The minimum atomic E-state index is -0.320. The highest BCUT2D eigenvalue weighted by molar-refractivity contribution is 6.07. The predicted octanol–water partition coefficient (Wildman–Crippen LogP) is 2.17. The molecule has 32 heavy (non-hydrogen) atoms. The molecule has 5 rings (SSSR count). The van der Waals surface area contributed by atoms with Gasteiger partial charge >= 0.3 is 0 Å². The summed E-state index contributed by atoms with van der Waals surface area (Å²) in [6.07, 6.45) is 0. The number of nitrogens with zero attached hydrogens (tertiary/aromatic N) is 3. The van der Waals surface area contributed by atoms with Crippen molar-refractivity contribution >= 4 is 27.6 Å². The number of aryl methyl sites for hydroxylation is 1. The maximum absolute atomic E-state index is 12.8. The molecule has 0 spiro atoms. The number of fused-ring (bicyclic) bond motifs is 3. The van der Waals surface area contributed by atoms with Crippen molar-refractivity contribution in [1.82, 2.24) is 19.7 Å². The van der Waals surface area contributed by atoms with Crippen LogP contribution in [-0.2, 0) is 4.74 Å². The molecule has 9 nitrogen and oxygen atoms in total. The SMILES string of the molecule is Cc1ccc(O)cc1-n1nc2c(c1N)c(=O)[nH]c1cc(OCCN3CCOCC3)ccc12. The maximum atomic E-state index is 12.8. The first kappa shape index (κ1) is 20.3. The van der Waals surface area contributed by atoms with Crippen LogP contribution in [-0.4, -0.2) is 64.2 Å². The number of anilines is 1. The number of phenolic OH excluding ortho intramolecular Hbond substituents is 1. The summed E-state index contributed by atoms with van der Waals surface area (Å²) >= 11 is 0. The molecule has 0 aliphatic carbocycles. The van der Waals surface area contributed by atoms with Gasteiger partial charge in [0.1, 0.15) is 34.8 Å². The molecule has 0 atom stereocenters. The van der Waals surface area contributed by atoms with E-state index < -0.39 is 0 Å². The van der Waals surface area contributed by atoms with E-state index in [2.05, 4.69) is 15.0 Å². The lowest BCUT2D eigenvalue weighted by molar-refractivity contribution is 0.0322. The lowest BCUT2D eigenvalue weighted by Gasteiger charge is -2.26. The molecule has 1 aliphatic rings. The summed E-state index contributed by atoms with van der Waals surface area (Å²) in [7, 11) is 0. The van der Waals surface area contributed by atoms with Crippen LogP contribution in [0.2, 0.25) is 0 Å². The van der Waals surface area contributed by atoms with Gasteiger partial charge in [-0.2, -0.15) is 5.10 Å². The van der Waals surface area contributed by atoms with Gasteiger partial charge in [0.05, 0.1) is 24.4 Å². The number of hydrogen-bond acceptors (Lipinski definition) is 7. The van der Waals surface area contributed by atoms with Crippen LogP contribution in [0.4, 0.5) is 5.82 Å². The largest absolute Gasteiger partial charge is 0.508 e. The molecule has 0 amide bonds. The number of rotatable bonds is 5. The number of pyridine rings is 1. The fourth-order valence-electron chi connectivity index (χ4n) is 4.08. The van der Waals surface area contributed by atoms with Crippen LogP contribution < -0.4 is 16.0 Å². The van der Waals surface area contributed by atoms with Crippen LogP contribution in [0.25, 0.3) is 27.5 Å². The zero-order chi connectivity index (χ0) is 22.2. The molecule has 1 aliphatic heterocycles. The topological polar surface area (TPSA) is 119 Å². The van der Waals surface area contributed by atoms with E-state index in [9.17, 15) is 9.90 Å². The molecule has 0 saturated carbocycles. The van der Waals surface area contributed by atoms with E-state index in [1.165, 1.54) is 4.68 Å². The van der Waals surface area contributed by atoms with Gasteiger partial charge in [0.15, 0.2) is 0 Å². The third-order valence-corrected chi connectivity index (χ3v) is 5.84. The van der Waals surface area contributed by atoms with Gasteiger partial charge in [0.2, 0.25) is 0 Å². The number of hydrogen-bond donors (Lipinski definition) is 3. The molecular weight excluding hydrogens is 410 g/mol. The Labute approximate surface area is 184 Å². The van der Waals surface area contributed by atoms with Gasteiger partial charge in [-0.15, -0.1) is 0 Å². The van der Waals surface area contributed by atoms with Crippen LogP contribution in [0.1, 0.15) is 5.56 Å². The second-order valence-corrected chi connectivity index (χ2v) is 7.96. The molecule has 4 N–H and O–H groups in total. The van der Waals surface area contributed by atoms with Gasteiger partial charge in [-0.1, -0.05) is 6.07 Å². The molecular formula is C23H25N5O4. The van der Waals surface area contributed by atoms with Crippen molar-refractivity contribution < 1.29 is 14.6 Å². The van der Waals surface area contributed by atoms with E-state index in [0.29, 0.717) is 34.5 Å². The van der Waals surface area contributed by atoms with Crippen molar-refractivity contribution in [2.24, 2.45) is 0 Å². The number of benzene rings is 2. The molecule has 0 unspecified atom stereocenters. The summed E-state index contributed by atoms with van der Waals surface area (Å²) in [6, 6.07) is 10.5. The van der Waals surface area contributed by atoms with Crippen molar-refractivity contribution in [3.63, 3.8) is 0 Å². The van der Waals surface area contributed by atoms with Crippen LogP contribution >= 0.6 is 0 Å². The van der Waals surface area contributed by atoms with Gasteiger partial charge in [-0.05, 0) is 30.7 Å². The molecule has 1 fully saturated rings. The van der Waals surface area contributed by atoms with Gasteiger partial charge in [-0.3, -0.25) is 9.69 Å². The Kier molecular flexibility index (Phi) is 5.20. The van der Waals surface area contributed by atoms with Crippen LogP contribution in [0, 0.1) is 6.92 Å². The molecule has 0 bridgehead atoms. The first-order chi connectivity index (χ1) is 15.5. The van der Waals surface area contributed by atoms with E-state index in [4.69, 9.17) is 15.2 Å². The zero-order valence-electron chi connectivity index (χ0n) is 17.8. The Hall–Kier alpha value is -3.56. The third-order valence-electron chi connectivity index (χ3n) is 5.84. The molecule has 166 valence electrons. The van der Waals surface area contributed by atoms with E-state index >= 15 is 0 Å². The van der Waals surface area contributed by atoms with Crippen molar-refractivity contribution in [3.8, 4) is 17.2 Å². The monoisotopic (exact) mass is 435 g/mol. The van der Waals surface area contributed by atoms with E-state index in [1.54, 1.807) is 18.2 Å². The Balaban J connectivity index is 1.49. The molecule has 2 aromatic carbocycles. The number of ether oxygens (including phenoxy) is 2. The lowest BCUT2D eigenvalue weighted by Crippen LogP contribution is -2.38. The highest BCUT2D eigenvalue weighted by Crippen LogP contribution is 2.30. The van der Waals surface area contributed by atoms with Gasteiger partial charge in [0, 0.05) is 37.2 Å². The summed E-state index contributed by atoms with van der Waals surface area (Å²) in [5.74, 6) is 1.00. The van der Waals surface area contributed by atoms with Crippen LogP contribution in [0.15, 0.2) is 41.2 Å². The Morgan fingerprint density at radius 3 is 2.84 bits per heavy atom. The van der Waals surface area contributed by atoms with E-state index in [-0.39, 0.29) is 17.1 Å². The van der Waals surface area contributed by atoms with Gasteiger partial charge in [-0.25, -0.2) is 4.68 Å². The van der Waals surface area contributed by atoms with Gasteiger partial charge in [0.25, 0.3) is 5.56 Å². The molecule has 4 aromatic rings. The minimum Gasteiger partial charge on any atom is -0.508 e. The summed E-state index contributed by atoms with van der Waals surface area (Å²) in [6.45, 7) is 6.60. The number of morpholine rings is 1. The van der Waals surface area contributed by atoms with Gasteiger partial charge < -0.3 is 25.3 Å². The van der Waals surface area contributed by atoms with Crippen molar-refractivity contribution in [2.75, 3.05) is 45.2 Å². The summed E-state index contributed by atoms with van der Waals surface area (Å²) < 4.78 is 12.8. The molecule has 1 saturated heterocycles. The van der Waals surface area contributed by atoms with Crippen LogP contribution in [0.5, 0.6) is 11.5 Å². The standard InChI is InChI=1S/C23H25N5O4/c1-14-2-3-15(29)12-19(14)28-22(24)20-21(26-28)17-5-4-16(13-18(17)25-23(20)30)32-11-8-27-6-9-31-10-7-27/h2-5,12-13,29H,6-11,24H2,1H3,(H,25,30). The Morgan fingerprint density at radius 1 is 1.22 bits per heavy atom. The molecule has 9 heteroatoms. The molecule has 0 radical (unpaired) electrons. The molecule has 3 heterocycles. The third kappa shape index (κ3) is 3.65. The van der Waals surface area contributed by atoms with Crippen LogP contribution in [0.3, 0.4) is 0 Å². The van der Waals surface area contributed by atoms with Crippen molar-refractivity contribution in [3.05, 3.63) is 52.3 Å². The molecule has 2 aromatic heterocycles. The Bertz CT molecular complexity index is 1350. The van der Waals surface area contributed by atoms with Crippen molar-refractivity contribution in [1.29, 1.82) is 0 Å². The average Bonchev–Trinajstić information content (AvgIpc) is 3.14. The first-order valence-electron chi connectivity index (χ1n) is 10.6. The maximum Gasteiger partial charge on any atom is 0.261 e. The highest BCUT2D eigenvalue weighted by Gasteiger charge is 2.18. The fourth-order valence-corrected chi connectivity index (χ4v) is 4.08. The number of aromatic nitrogens is 3. The van der Waals surface area contributed by atoms with Crippen molar-refractivity contribution in [2.45, 2.75) is 6.92 Å². The normalized spacial score (nSPS) is 14.9. The number of aromatic amines is 1. The number of H-pyrrole nitrogens is 1. The Morgan fingerprint density at radius 2 is 2.03 bits per heavy atom.